The summed E-state index contributed by atoms with van der Waals surface area (Å²) in [6, 6.07) is 11.7. The fraction of sp³-hybridized carbons (Fsp3) is 0.647. The van der Waals surface area contributed by atoms with E-state index < -0.39 is 0 Å². The summed E-state index contributed by atoms with van der Waals surface area (Å²) in [5.74, 6) is 0. The number of nitrogens with one attached hydrogen (secondary N) is 1. The zero-order chi connectivity index (χ0) is 14.6. The molecule has 1 aliphatic rings. The van der Waals surface area contributed by atoms with Crippen LogP contribution in [0.1, 0.15) is 26.3 Å². The Morgan fingerprint density at radius 1 is 1.35 bits per heavy atom. The van der Waals surface area contributed by atoms with Crippen molar-refractivity contribution in [3.8, 4) is 0 Å². The molecule has 1 heterocycles. The quantitative estimate of drug-likeness (QED) is 0.893. The van der Waals surface area contributed by atoms with Crippen molar-refractivity contribution in [3.63, 3.8) is 0 Å². The molecule has 1 fully saturated rings. The van der Waals surface area contributed by atoms with E-state index in [1.54, 1.807) is 7.11 Å². The highest BCUT2D eigenvalue weighted by atomic mass is 16.5. The van der Waals surface area contributed by atoms with Crippen molar-refractivity contribution >= 4 is 0 Å². The van der Waals surface area contributed by atoms with E-state index in [4.69, 9.17) is 4.74 Å². The van der Waals surface area contributed by atoms with E-state index in [0.717, 1.165) is 26.1 Å². The van der Waals surface area contributed by atoms with Gasteiger partial charge in [-0.1, -0.05) is 30.3 Å². The Morgan fingerprint density at radius 2 is 2.05 bits per heavy atom. The Morgan fingerprint density at radius 3 is 2.70 bits per heavy atom. The van der Waals surface area contributed by atoms with Crippen LogP contribution in [0, 0.1) is 0 Å². The molecular weight excluding hydrogens is 248 g/mol. The first-order chi connectivity index (χ1) is 9.53. The van der Waals surface area contributed by atoms with Gasteiger partial charge in [0.25, 0.3) is 0 Å². The van der Waals surface area contributed by atoms with Gasteiger partial charge in [-0.15, -0.1) is 0 Å². The predicted molar refractivity (Wildman–Crippen MR) is 84.1 cm³/mol. The largest absolute Gasteiger partial charge is 0.383 e. The van der Waals surface area contributed by atoms with Crippen molar-refractivity contribution < 1.29 is 4.74 Å². The van der Waals surface area contributed by atoms with Crippen LogP contribution in [-0.4, -0.2) is 49.3 Å². The lowest BCUT2D eigenvalue weighted by molar-refractivity contribution is 0.0000577. The fourth-order valence-corrected chi connectivity index (χ4v) is 3.19. The van der Waals surface area contributed by atoms with Crippen molar-refractivity contribution in [2.24, 2.45) is 0 Å². The van der Waals surface area contributed by atoms with Gasteiger partial charge in [0.2, 0.25) is 0 Å². The lowest BCUT2D eigenvalue weighted by Gasteiger charge is -2.49. The maximum atomic E-state index is 5.34. The number of hydrogen-bond donors (Lipinski definition) is 1. The minimum absolute atomic E-state index is 0.186. The molecule has 0 radical (unpaired) electrons. The Balaban J connectivity index is 2.00. The van der Waals surface area contributed by atoms with Crippen LogP contribution in [0.2, 0.25) is 0 Å². The van der Waals surface area contributed by atoms with Crippen LogP contribution in [0.25, 0.3) is 0 Å². The zero-order valence-electron chi connectivity index (χ0n) is 13.2. The summed E-state index contributed by atoms with van der Waals surface area (Å²) in [7, 11) is 1.78. The van der Waals surface area contributed by atoms with E-state index in [9.17, 15) is 0 Å². The van der Waals surface area contributed by atoms with E-state index in [1.807, 2.05) is 0 Å². The molecule has 1 aliphatic heterocycles. The summed E-state index contributed by atoms with van der Waals surface area (Å²) in [5, 5.41) is 3.70. The molecule has 2 atom stereocenters. The van der Waals surface area contributed by atoms with E-state index in [-0.39, 0.29) is 5.54 Å². The molecule has 3 heteroatoms. The van der Waals surface area contributed by atoms with E-state index in [1.165, 1.54) is 5.56 Å². The minimum atomic E-state index is 0.186. The molecule has 0 aliphatic carbocycles. The van der Waals surface area contributed by atoms with Crippen LogP contribution in [0.15, 0.2) is 30.3 Å². The molecule has 0 amide bonds. The molecule has 112 valence electrons. The maximum absolute atomic E-state index is 5.34. The number of benzene rings is 1. The smallest absolute Gasteiger partial charge is 0.0615 e. The Kier molecular flexibility index (Phi) is 5.19. The van der Waals surface area contributed by atoms with Crippen molar-refractivity contribution in [2.75, 3.05) is 26.8 Å². The van der Waals surface area contributed by atoms with Gasteiger partial charge >= 0.3 is 0 Å². The van der Waals surface area contributed by atoms with Gasteiger partial charge in [-0.25, -0.2) is 0 Å². The molecule has 2 unspecified atom stereocenters. The second-order valence-electron chi connectivity index (χ2n) is 6.54. The molecule has 0 spiro atoms. The topological polar surface area (TPSA) is 24.5 Å². The highest BCUT2D eigenvalue weighted by molar-refractivity contribution is 5.16. The van der Waals surface area contributed by atoms with Gasteiger partial charge in [-0.2, -0.15) is 0 Å². The fourth-order valence-electron chi connectivity index (χ4n) is 3.19. The SMILES string of the molecule is COCC(C)N1CC(Cc2ccccc2)NCC1(C)C. The number of piperazine rings is 1. The number of methoxy groups -OCH3 is 1. The molecule has 0 saturated carbocycles. The van der Waals surface area contributed by atoms with Crippen molar-refractivity contribution in [3.05, 3.63) is 35.9 Å². The van der Waals surface area contributed by atoms with E-state index in [2.05, 4.69) is 61.3 Å². The molecular formula is C17H28N2O. The monoisotopic (exact) mass is 276 g/mol. The minimum Gasteiger partial charge on any atom is -0.383 e. The summed E-state index contributed by atoms with van der Waals surface area (Å²) in [4.78, 5) is 2.58. The summed E-state index contributed by atoms with van der Waals surface area (Å²) in [6.45, 7) is 9.78. The van der Waals surface area contributed by atoms with Gasteiger partial charge in [0.05, 0.1) is 6.61 Å². The van der Waals surface area contributed by atoms with E-state index >= 15 is 0 Å². The molecule has 0 aromatic heterocycles. The number of nitrogens with zero attached hydrogens (tertiary/aromatic N) is 1. The molecule has 1 N–H and O–H groups in total. The second-order valence-corrected chi connectivity index (χ2v) is 6.54. The molecule has 20 heavy (non-hydrogen) atoms. The lowest BCUT2D eigenvalue weighted by Crippen LogP contribution is -2.65. The standard InChI is InChI=1S/C17H28N2O/c1-14(12-20-4)19-11-16(18-13-17(19,2)3)10-15-8-6-5-7-9-15/h5-9,14,16,18H,10-13H2,1-4H3. The summed E-state index contributed by atoms with van der Waals surface area (Å²) in [6.07, 6.45) is 1.09. The average molecular weight is 276 g/mol. The molecule has 3 nitrogen and oxygen atoms in total. The number of ether oxygens (including phenoxy) is 1. The third kappa shape index (κ3) is 3.81. The maximum Gasteiger partial charge on any atom is 0.0615 e. The van der Waals surface area contributed by atoms with Crippen LogP contribution in [0.5, 0.6) is 0 Å². The first-order valence-corrected chi connectivity index (χ1v) is 7.56. The Bertz CT molecular complexity index is 405. The molecule has 1 saturated heterocycles. The third-order valence-electron chi connectivity index (χ3n) is 4.28. The van der Waals surface area contributed by atoms with Crippen LogP contribution in [0.3, 0.4) is 0 Å². The van der Waals surface area contributed by atoms with Gasteiger partial charge in [0.15, 0.2) is 0 Å². The van der Waals surface area contributed by atoms with Crippen LogP contribution in [-0.2, 0) is 11.2 Å². The molecule has 2 rings (SSSR count). The number of rotatable bonds is 5. The molecule has 1 aromatic rings. The number of hydrogen-bond acceptors (Lipinski definition) is 3. The molecule has 0 bridgehead atoms. The predicted octanol–water partition coefficient (Wildman–Crippen LogP) is 2.32. The summed E-state index contributed by atoms with van der Waals surface area (Å²) < 4.78 is 5.34. The van der Waals surface area contributed by atoms with Crippen molar-refractivity contribution in [1.82, 2.24) is 10.2 Å². The Labute approximate surface area is 123 Å². The van der Waals surface area contributed by atoms with Gasteiger partial charge in [0, 0.05) is 37.8 Å². The van der Waals surface area contributed by atoms with E-state index in [0.29, 0.717) is 12.1 Å². The normalized spacial score (nSPS) is 24.5. The van der Waals surface area contributed by atoms with Gasteiger partial charge < -0.3 is 10.1 Å². The second kappa shape index (κ2) is 6.70. The summed E-state index contributed by atoms with van der Waals surface area (Å²) in [5.41, 5.74) is 1.59. The summed E-state index contributed by atoms with van der Waals surface area (Å²) >= 11 is 0. The zero-order valence-corrected chi connectivity index (χ0v) is 13.2. The molecule has 1 aromatic carbocycles. The lowest BCUT2D eigenvalue weighted by atomic mass is 9.93. The Hall–Kier alpha value is -0.900. The van der Waals surface area contributed by atoms with Crippen LogP contribution < -0.4 is 5.32 Å². The van der Waals surface area contributed by atoms with Gasteiger partial charge in [0.1, 0.15) is 0 Å². The first kappa shape index (κ1) is 15.5. The van der Waals surface area contributed by atoms with Crippen LogP contribution in [0.4, 0.5) is 0 Å². The van der Waals surface area contributed by atoms with Gasteiger partial charge in [-0.05, 0) is 32.8 Å². The third-order valence-corrected chi connectivity index (χ3v) is 4.28. The van der Waals surface area contributed by atoms with Gasteiger partial charge in [-0.3, -0.25) is 4.90 Å². The highest BCUT2D eigenvalue weighted by Crippen LogP contribution is 2.23. The van der Waals surface area contributed by atoms with Crippen molar-refractivity contribution in [1.29, 1.82) is 0 Å². The van der Waals surface area contributed by atoms with Crippen molar-refractivity contribution in [2.45, 2.75) is 44.8 Å². The average Bonchev–Trinajstić information content (AvgIpc) is 2.42. The first-order valence-electron chi connectivity index (χ1n) is 7.56. The van der Waals surface area contributed by atoms with Crippen LogP contribution >= 0.6 is 0 Å². The highest BCUT2D eigenvalue weighted by Gasteiger charge is 2.36.